The van der Waals surface area contributed by atoms with Crippen LogP contribution in [-0.4, -0.2) is 23.5 Å². The number of carbonyl (C=O) groups excluding carboxylic acids is 1. The van der Waals surface area contributed by atoms with Gasteiger partial charge in [-0.2, -0.15) is 0 Å². The molecule has 2 atom stereocenters. The molecule has 24 heavy (non-hydrogen) atoms. The van der Waals surface area contributed by atoms with Crippen LogP contribution in [0.1, 0.15) is 46.8 Å². The van der Waals surface area contributed by atoms with Gasteiger partial charge in [0.25, 0.3) is 5.91 Å². The van der Waals surface area contributed by atoms with Crippen LogP contribution in [0.3, 0.4) is 0 Å². The molecule has 1 aromatic heterocycles. The van der Waals surface area contributed by atoms with Gasteiger partial charge in [-0.15, -0.1) is 0 Å². The Balaban J connectivity index is 1.28. The Labute approximate surface area is 142 Å². The Hall–Kier alpha value is -2.20. The highest BCUT2D eigenvalue weighted by Crippen LogP contribution is 2.41. The van der Waals surface area contributed by atoms with E-state index in [1.54, 1.807) is 6.20 Å². The van der Waals surface area contributed by atoms with E-state index in [1.165, 1.54) is 31.4 Å². The van der Waals surface area contributed by atoms with Gasteiger partial charge < -0.3 is 10.6 Å². The van der Waals surface area contributed by atoms with Crippen LogP contribution in [0, 0.1) is 5.92 Å². The Morgan fingerprint density at radius 3 is 2.67 bits per heavy atom. The molecule has 2 aliphatic carbocycles. The average Bonchev–Trinajstić information content (AvgIpc) is 3.54. The normalized spacial score (nSPS) is 22.2. The second-order valence-corrected chi connectivity index (χ2v) is 6.93. The first-order valence-electron chi connectivity index (χ1n) is 8.81. The summed E-state index contributed by atoms with van der Waals surface area (Å²) in [6, 6.07) is 14.4. The van der Waals surface area contributed by atoms with Crippen LogP contribution < -0.4 is 10.6 Å². The highest BCUT2D eigenvalue weighted by molar-refractivity contribution is 5.94. The molecule has 0 aliphatic heterocycles. The van der Waals surface area contributed by atoms with Crippen LogP contribution in [0.15, 0.2) is 48.7 Å². The fraction of sp³-hybridized carbons (Fsp3) is 0.400. The second-order valence-electron chi connectivity index (χ2n) is 6.93. The van der Waals surface area contributed by atoms with Crippen molar-refractivity contribution in [1.82, 2.24) is 15.6 Å². The van der Waals surface area contributed by atoms with E-state index >= 15 is 0 Å². The van der Waals surface area contributed by atoms with Crippen LogP contribution in [0.5, 0.6) is 0 Å². The molecule has 124 valence electrons. The fourth-order valence-corrected chi connectivity index (χ4v) is 3.09. The summed E-state index contributed by atoms with van der Waals surface area (Å²) in [5, 5.41) is 6.57. The average molecular weight is 321 g/mol. The third-order valence-corrected chi connectivity index (χ3v) is 4.91. The van der Waals surface area contributed by atoms with Gasteiger partial charge >= 0.3 is 0 Å². The lowest BCUT2D eigenvalue weighted by Gasteiger charge is -2.07. The van der Waals surface area contributed by atoms with Gasteiger partial charge in [-0.3, -0.25) is 9.78 Å². The molecule has 4 nitrogen and oxygen atoms in total. The number of aromatic nitrogens is 1. The molecule has 0 saturated heterocycles. The summed E-state index contributed by atoms with van der Waals surface area (Å²) in [7, 11) is 0. The molecule has 4 rings (SSSR count). The van der Waals surface area contributed by atoms with Crippen molar-refractivity contribution < 1.29 is 4.79 Å². The first-order valence-corrected chi connectivity index (χ1v) is 8.81. The molecule has 1 aromatic carbocycles. The number of benzene rings is 1. The lowest BCUT2D eigenvalue weighted by molar-refractivity contribution is 0.0950. The van der Waals surface area contributed by atoms with Gasteiger partial charge in [0, 0.05) is 23.7 Å². The maximum absolute atomic E-state index is 12.2. The predicted molar refractivity (Wildman–Crippen MR) is 93.7 cm³/mol. The SMILES string of the molecule is O=C(NCc1ccccn1)c1ccc([C@@H]2C[C@H]2NCC2CC2)cc1. The zero-order valence-electron chi connectivity index (χ0n) is 13.7. The summed E-state index contributed by atoms with van der Waals surface area (Å²) >= 11 is 0. The van der Waals surface area contributed by atoms with Crippen LogP contribution in [0.4, 0.5) is 0 Å². The zero-order valence-corrected chi connectivity index (χ0v) is 13.7. The minimum atomic E-state index is -0.0496. The van der Waals surface area contributed by atoms with Crippen molar-refractivity contribution in [2.75, 3.05) is 6.54 Å². The number of hydrogen-bond acceptors (Lipinski definition) is 3. The largest absolute Gasteiger partial charge is 0.346 e. The molecule has 0 bridgehead atoms. The minimum absolute atomic E-state index is 0.0496. The van der Waals surface area contributed by atoms with Gasteiger partial charge in [0.1, 0.15) is 0 Å². The Bertz CT molecular complexity index is 695. The van der Waals surface area contributed by atoms with Crippen LogP contribution in [0.25, 0.3) is 0 Å². The van der Waals surface area contributed by atoms with E-state index in [-0.39, 0.29) is 5.91 Å². The number of amides is 1. The molecular formula is C20H23N3O. The van der Waals surface area contributed by atoms with Gasteiger partial charge in [-0.05, 0) is 61.6 Å². The van der Waals surface area contributed by atoms with Crippen molar-refractivity contribution in [2.45, 2.75) is 37.8 Å². The quantitative estimate of drug-likeness (QED) is 0.824. The summed E-state index contributed by atoms with van der Waals surface area (Å²) in [5.41, 5.74) is 2.91. The van der Waals surface area contributed by atoms with Crippen molar-refractivity contribution in [2.24, 2.45) is 5.92 Å². The van der Waals surface area contributed by atoms with E-state index in [1.807, 2.05) is 30.3 Å². The summed E-state index contributed by atoms with van der Waals surface area (Å²) in [6.45, 7) is 1.63. The van der Waals surface area contributed by atoms with E-state index < -0.39 is 0 Å². The molecule has 2 aromatic rings. The standard InChI is InChI=1S/C20H23N3O/c24-20(23-13-17-3-1-2-10-21-17)16-8-6-15(7-9-16)18-11-19(18)22-12-14-4-5-14/h1-3,6-10,14,18-19,22H,4-5,11-13H2,(H,23,24)/t18-,19+/m0/s1. The summed E-state index contributed by atoms with van der Waals surface area (Å²) in [4.78, 5) is 16.4. The van der Waals surface area contributed by atoms with Crippen LogP contribution in [-0.2, 0) is 6.54 Å². The van der Waals surface area contributed by atoms with Crippen molar-refractivity contribution >= 4 is 5.91 Å². The van der Waals surface area contributed by atoms with E-state index in [4.69, 9.17) is 0 Å². The highest BCUT2D eigenvalue weighted by atomic mass is 16.1. The zero-order chi connectivity index (χ0) is 16.4. The third-order valence-electron chi connectivity index (χ3n) is 4.91. The van der Waals surface area contributed by atoms with E-state index in [0.717, 1.165) is 11.6 Å². The van der Waals surface area contributed by atoms with Gasteiger partial charge in [-0.25, -0.2) is 0 Å². The van der Waals surface area contributed by atoms with E-state index in [2.05, 4.69) is 27.8 Å². The molecule has 1 amide bonds. The Kier molecular flexibility index (Phi) is 4.30. The molecular weight excluding hydrogens is 298 g/mol. The van der Waals surface area contributed by atoms with Gasteiger partial charge in [0.2, 0.25) is 0 Å². The van der Waals surface area contributed by atoms with Crippen molar-refractivity contribution in [1.29, 1.82) is 0 Å². The Morgan fingerprint density at radius 1 is 1.12 bits per heavy atom. The third kappa shape index (κ3) is 3.82. The van der Waals surface area contributed by atoms with Crippen LogP contribution in [0.2, 0.25) is 0 Å². The first-order chi connectivity index (χ1) is 11.8. The van der Waals surface area contributed by atoms with Gasteiger partial charge in [0.05, 0.1) is 12.2 Å². The number of nitrogens with one attached hydrogen (secondary N) is 2. The summed E-state index contributed by atoms with van der Waals surface area (Å²) in [5.74, 6) is 1.50. The number of nitrogens with zero attached hydrogens (tertiary/aromatic N) is 1. The van der Waals surface area contributed by atoms with E-state index in [0.29, 0.717) is 24.1 Å². The molecule has 0 radical (unpaired) electrons. The monoisotopic (exact) mass is 321 g/mol. The van der Waals surface area contributed by atoms with Gasteiger partial charge in [-0.1, -0.05) is 18.2 Å². The predicted octanol–water partition coefficient (Wildman–Crippen LogP) is 2.87. The summed E-state index contributed by atoms with van der Waals surface area (Å²) < 4.78 is 0. The Morgan fingerprint density at radius 2 is 1.96 bits per heavy atom. The van der Waals surface area contributed by atoms with Crippen LogP contribution >= 0.6 is 0 Å². The molecule has 0 spiro atoms. The smallest absolute Gasteiger partial charge is 0.251 e. The highest BCUT2D eigenvalue weighted by Gasteiger charge is 2.38. The summed E-state index contributed by atoms with van der Waals surface area (Å²) in [6.07, 6.45) is 5.75. The fourth-order valence-electron chi connectivity index (χ4n) is 3.09. The van der Waals surface area contributed by atoms with Crippen molar-refractivity contribution in [3.8, 4) is 0 Å². The maximum atomic E-state index is 12.2. The number of hydrogen-bond donors (Lipinski definition) is 2. The number of carbonyl (C=O) groups is 1. The lowest BCUT2D eigenvalue weighted by atomic mass is 10.1. The molecule has 2 N–H and O–H groups in total. The van der Waals surface area contributed by atoms with Gasteiger partial charge in [0.15, 0.2) is 0 Å². The van der Waals surface area contributed by atoms with Crippen molar-refractivity contribution in [3.63, 3.8) is 0 Å². The molecule has 2 aliphatic rings. The molecule has 2 saturated carbocycles. The molecule has 2 fully saturated rings. The number of pyridine rings is 1. The topological polar surface area (TPSA) is 54.0 Å². The van der Waals surface area contributed by atoms with E-state index in [9.17, 15) is 4.79 Å². The lowest BCUT2D eigenvalue weighted by Crippen LogP contribution is -2.23. The number of rotatable bonds is 7. The minimum Gasteiger partial charge on any atom is -0.346 e. The second kappa shape index (κ2) is 6.73. The maximum Gasteiger partial charge on any atom is 0.251 e. The first kappa shape index (κ1) is 15.3. The molecule has 4 heteroatoms. The molecule has 1 heterocycles. The molecule has 0 unspecified atom stereocenters. The van der Waals surface area contributed by atoms with Crippen molar-refractivity contribution in [3.05, 3.63) is 65.5 Å².